The summed E-state index contributed by atoms with van der Waals surface area (Å²) >= 11 is 0. The van der Waals surface area contributed by atoms with Crippen molar-refractivity contribution in [2.75, 3.05) is 13.2 Å². The number of rotatable bonds is 15. The topological polar surface area (TPSA) is 52.6 Å². The summed E-state index contributed by atoms with van der Waals surface area (Å²) in [7, 11) is 0. The Bertz CT molecular complexity index is 1240. The average Bonchev–Trinajstić information content (AvgIpc) is 2.88. The zero-order valence-electron chi connectivity index (χ0n) is 21.8. The molecule has 0 unspecified atom stereocenters. The summed E-state index contributed by atoms with van der Waals surface area (Å²) in [4.78, 5) is 22.8. The highest BCUT2D eigenvalue weighted by Crippen LogP contribution is 2.61. The fraction of sp³-hybridized carbons (Fsp3) is 0.789. The maximum absolute atomic E-state index is 13.6. The Hall–Kier alpha value is -3.14. The molecule has 30 heteroatoms. The van der Waals surface area contributed by atoms with E-state index in [9.17, 15) is 124 Å². The molecule has 0 spiro atoms. The Morgan fingerprint density at radius 2 is 0.633 bits per heavy atom. The molecule has 0 bridgehead atoms. The van der Waals surface area contributed by atoms with Crippen molar-refractivity contribution in [1.29, 1.82) is 0 Å². The van der Waals surface area contributed by atoms with Crippen LogP contribution in [0.1, 0.15) is 6.42 Å². The molecule has 0 N–H and O–H groups in total. The zero-order valence-corrected chi connectivity index (χ0v) is 21.8. The second-order valence-corrected chi connectivity index (χ2v) is 9.02. The number of carbonyl (C=O) groups excluding carboxylic acids is 2. The molecular formula is C19H8F26O4. The van der Waals surface area contributed by atoms with E-state index < -0.39 is 109 Å². The minimum Gasteiger partial charge on any atom is -0.459 e. The maximum atomic E-state index is 13.6. The van der Waals surface area contributed by atoms with Crippen molar-refractivity contribution in [2.45, 2.75) is 78.0 Å². The molecule has 0 saturated heterocycles. The van der Waals surface area contributed by atoms with E-state index in [1.54, 1.807) is 0 Å². The fourth-order valence-electron chi connectivity index (χ4n) is 2.51. The Labute approximate surface area is 249 Å². The van der Waals surface area contributed by atoms with Gasteiger partial charge in [-0.3, -0.25) is 4.79 Å². The third-order valence-electron chi connectivity index (χ3n) is 5.44. The number of halogens is 26. The van der Waals surface area contributed by atoms with Gasteiger partial charge in [0, 0.05) is 5.57 Å². The molecule has 0 aliphatic heterocycles. The maximum Gasteiger partial charge on any atom is 0.460 e. The zero-order chi connectivity index (χ0) is 40.3. The lowest BCUT2D eigenvalue weighted by molar-refractivity contribution is -0.441. The van der Waals surface area contributed by atoms with Crippen molar-refractivity contribution >= 4 is 11.9 Å². The van der Waals surface area contributed by atoms with Gasteiger partial charge in [-0.25, -0.2) is 4.79 Å². The Morgan fingerprint density at radius 3 is 0.898 bits per heavy atom. The lowest BCUT2D eigenvalue weighted by atomic mass is 9.94. The minimum absolute atomic E-state index is 1.98. The summed E-state index contributed by atoms with van der Waals surface area (Å²) in [5.74, 6) is -85.5. The van der Waals surface area contributed by atoms with Crippen molar-refractivity contribution in [1.82, 2.24) is 0 Å². The molecule has 0 aliphatic carbocycles. The van der Waals surface area contributed by atoms with E-state index in [4.69, 9.17) is 0 Å². The molecule has 0 aliphatic rings. The third-order valence-corrected chi connectivity index (χ3v) is 5.44. The molecule has 0 saturated carbocycles. The molecule has 0 aromatic carbocycles. The normalized spacial score (nSPS) is 15.6. The van der Waals surface area contributed by atoms with Crippen molar-refractivity contribution in [3.8, 4) is 0 Å². The first-order valence-electron chi connectivity index (χ1n) is 10.8. The van der Waals surface area contributed by atoms with Gasteiger partial charge in [0.25, 0.3) is 0 Å². The third kappa shape index (κ3) is 7.22. The highest BCUT2D eigenvalue weighted by molar-refractivity contribution is 5.93. The standard InChI is InChI=1S/C19H8F26O4/c1-5(7(47)49-4-9(22,23)11(26,27)13(30,31)15(34,35)17(38,39)19(43,44)45)2-6(46)48-3-8(20,21)10(24,25)12(28,29)14(32,33)16(36,37)18(40,41)42/h1-4H2. The number of carbonyl (C=O) groups is 2. The van der Waals surface area contributed by atoms with Crippen LogP contribution in [0.15, 0.2) is 12.2 Å². The first kappa shape index (κ1) is 45.9. The number of hydrogen-bond donors (Lipinski definition) is 0. The van der Waals surface area contributed by atoms with Crippen LogP contribution in [-0.4, -0.2) is 96.7 Å². The lowest BCUT2D eigenvalue weighted by Gasteiger charge is -2.39. The SMILES string of the molecule is C=C(CC(=O)OCC(F)(F)C(F)(F)C(F)(F)C(F)(F)C(F)(F)C(F)(F)F)C(=O)OCC(F)(F)C(F)(F)C(F)(F)C(F)(F)C(F)(F)C(F)(F)F. The molecule has 0 atom stereocenters. The van der Waals surface area contributed by atoms with Crippen LogP contribution in [0.2, 0.25) is 0 Å². The quantitative estimate of drug-likeness (QED) is 0.0949. The molecule has 4 nitrogen and oxygen atoms in total. The summed E-state index contributed by atoms with van der Waals surface area (Å²) in [5.41, 5.74) is -1.98. The minimum atomic E-state index is -8.37. The fourth-order valence-corrected chi connectivity index (χ4v) is 2.51. The number of hydrogen-bond acceptors (Lipinski definition) is 4. The predicted molar refractivity (Wildman–Crippen MR) is 97.3 cm³/mol. The van der Waals surface area contributed by atoms with Crippen LogP contribution in [0.5, 0.6) is 0 Å². The van der Waals surface area contributed by atoms with E-state index in [0.29, 0.717) is 0 Å². The Morgan fingerprint density at radius 1 is 0.388 bits per heavy atom. The van der Waals surface area contributed by atoms with Gasteiger partial charge in [-0.15, -0.1) is 0 Å². The van der Waals surface area contributed by atoms with Gasteiger partial charge in [-0.05, 0) is 0 Å². The monoisotopic (exact) mass is 794 g/mol. The van der Waals surface area contributed by atoms with E-state index in [1.165, 1.54) is 0 Å². The van der Waals surface area contributed by atoms with Crippen LogP contribution in [0, 0.1) is 0 Å². The van der Waals surface area contributed by atoms with E-state index in [1.807, 2.05) is 0 Å². The van der Waals surface area contributed by atoms with E-state index >= 15 is 0 Å². The predicted octanol–water partition coefficient (Wildman–Crippen LogP) is 8.50. The molecule has 290 valence electrons. The molecule has 0 aromatic heterocycles. The molecule has 0 fully saturated rings. The summed E-state index contributed by atoms with van der Waals surface area (Å²) in [6.07, 6.45) is -17.9. The van der Waals surface area contributed by atoms with Crippen LogP contribution in [0.3, 0.4) is 0 Å². The van der Waals surface area contributed by atoms with Gasteiger partial charge in [0.05, 0.1) is 6.42 Å². The Kier molecular flexibility index (Phi) is 11.8. The molecular weight excluding hydrogens is 786 g/mol. The smallest absolute Gasteiger partial charge is 0.459 e. The van der Waals surface area contributed by atoms with Gasteiger partial charge in [-0.2, -0.15) is 114 Å². The van der Waals surface area contributed by atoms with Gasteiger partial charge >= 0.3 is 83.5 Å². The van der Waals surface area contributed by atoms with E-state index in [0.717, 1.165) is 0 Å². The molecule has 0 heterocycles. The van der Waals surface area contributed by atoms with Gasteiger partial charge < -0.3 is 9.47 Å². The van der Waals surface area contributed by atoms with Crippen molar-refractivity contribution in [2.24, 2.45) is 0 Å². The van der Waals surface area contributed by atoms with Gasteiger partial charge in [0.15, 0.2) is 13.2 Å². The van der Waals surface area contributed by atoms with E-state index in [2.05, 4.69) is 16.1 Å². The highest BCUT2D eigenvalue weighted by Gasteiger charge is 2.92. The molecule has 0 radical (unpaired) electrons. The second kappa shape index (κ2) is 12.6. The van der Waals surface area contributed by atoms with Crippen LogP contribution >= 0.6 is 0 Å². The summed E-state index contributed by atoms with van der Waals surface area (Å²) in [6.45, 7) is -5.14. The molecule has 0 rings (SSSR count). The number of esters is 2. The van der Waals surface area contributed by atoms with Crippen LogP contribution in [-0.2, 0) is 19.1 Å². The lowest BCUT2D eigenvalue weighted by Crippen LogP contribution is -2.70. The summed E-state index contributed by atoms with van der Waals surface area (Å²) in [5, 5.41) is 0. The second-order valence-electron chi connectivity index (χ2n) is 9.02. The Balaban J connectivity index is 5.82. The van der Waals surface area contributed by atoms with Crippen molar-refractivity contribution < 1.29 is 133 Å². The average molecular weight is 794 g/mol. The van der Waals surface area contributed by atoms with Gasteiger partial charge in [0.1, 0.15) is 0 Å². The summed E-state index contributed by atoms with van der Waals surface area (Å²) < 4.78 is 344. The highest BCUT2D eigenvalue weighted by atomic mass is 19.4. The molecule has 0 aromatic rings. The number of ether oxygens (including phenoxy) is 2. The largest absolute Gasteiger partial charge is 0.460 e. The molecule has 0 amide bonds. The van der Waals surface area contributed by atoms with Crippen LogP contribution in [0.25, 0.3) is 0 Å². The van der Waals surface area contributed by atoms with Crippen molar-refractivity contribution in [3.05, 3.63) is 12.2 Å². The number of alkyl halides is 26. The summed E-state index contributed by atoms with van der Waals surface area (Å²) in [6, 6.07) is 0. The molecule has 49 heavy (non-hydrogen) atoms. The van der Waals surface area contributed by atoms with E-state index in [-0.39, 0.29) is 0 Å². The van der Waals surface area contributed by atoms with Gasteiger partial charge in [-0.1, -0.05) is 6.58 Å². The van der Waals surface area contributed by atoms with Gasteiger partial charge in [0.2, 0.25) is 0 Å². The first-order chi connectivity index (χ1) is 20.9. The first-order valence-corrected chi connectivity index (χ1v) is 10.8. The van der Waals surface area contributed by atoms with Crippen molar-refractivity contribution in [3.63, 3.8) is 0 Å². The van der Waals surface area contributed by atoms with Crippen LogP contribution < -0.4 is 0 Å². The van der Waals surface area contributed by atoms with Crippen LogP contribution in [0.4, 0.5) is 114 Å².